The molecule has 1 unspecified atom stereocenters. The molecule has 1 atom stereocenters. The molecule has 0 N–H and O–H groups in total. The van der Waals surface area contributed by atoms with Crippen LogP contribution in [0.3, 0.4) is 0 Å². The van der Waals surface area contributed by atoms with Crippen LogP contribution in [0.2, 0.25) is 0 Å². The quantitative estimate of drug-likeness (QED) is 0.525. The molecule has 70 valence electrons. The van der Waals surface area contributed by atoms with Crippen molar-refractivity contribution in [3.8, 4) is 0 Å². The average Bonchev–Trinajstić information content (AvgIpc) is 2.56. The summed E-state index contributed by atoms with van der Waals surface area (Å²) in [6.45, 7) is 5.12. The summed E-state index contributed by atoms with van der Waals surface area (Å²) in [4.78, 5) is 10.8. The van der Waals surface area contributed by atoms with E-state index >= 15 is 0 Å². The van der Waals surface area contributed by atoms with E-state index in [1.54, 1.807) is 12.3 Å². The molecular formula is C10H12O3. The molecule has 0 aliphatic heterocycles. The van der Waals surface area contributed by atoms with Gasteiger partial charge in [-0.25, -0.2) is 4.79 Å². The third kappa shape index (κ3) is 3.15. The molecule has 0 aliphatic carbocycles. The predicted octanol–water partition coefficient (Wildman–Crippen LogP) is 1.94. The van der Waals surface area contributed by atoms with Gasteiger partial charge in [-0.05, 0) is 19.1 Å². The van der Waals surface area contributed by atoms with E-state index in [0.29, 0.717) is 6.42 Å². The van der Waals surface area contributed by atoms with Gasteiger partial charge in [0.25, 0.3) is 0 Å². The van der Waals surface area contributed by atoms with E-state index in [1.807, 2.05) is 13.0 Å². The Morgan fingerprint density at radius 1 is 1.85 bits per heavy atom. The van der Waals surface area contributed by atoms with Crippen LogP contribution in [0.25, 0.3) is 0 Å². The molecule has 0 amide bonds. The minimum absolute atomic E-state index is 0.184. The lowest BCUT2D eigenvalue weighted by atomic mass is 10.2. The summed E-state index contributed by atoms with van der Waals surface area (Å²) in [5.41, 5.74) is 0. The highest BCUT2D eigenvalue weighted by molar-refractivity contribution is 5.81. The van der Waals surface area contributed by atoms with Crippen LogP contribution in [0.15, 0.2) is 35.5 Å². The highest BCUT2D eigenvalue weighted by Gasteiger charge is 2.08. The molecular weight excluding hydrogens is 168 g/mol. The first kappa shape index (κ1) is 9.58. The van der Waals surface area contributed by atoms with Crippen LogP contribution >= 0.6 is 0 Å². The summed E-state index contributed by atoms with van der Waals surface area (Å²) < 4.78 is 10.1. The number of esters is 1. The number of hydrogen-bond donors (Lipinski definition) is 0. The van der Waals surface area contributed by atoms with Gasteiger partial charge < -0.3 is 9.15 Å². The molecule has 1 aromatic heterocycles. The van der Waals surface area contributed by atoms with E-state index in [-0.39, 0.29) is 6.10 Å². The molecule has 1 rings (SSSR count). The standard InChI is InChI=1S/C10H12O3/c1-3-10(11)13-8(2)7-9-5-4-6-12-9/h3-6,8H,1,7H2,2H3. The zero-order chi connectivity index (χ0) is 9.68. The molecule has 13 heavy (non-hydrogen) atoms. The van der Waals surface area contributed by atoms with Gasteiger partial charge in [0.05, 0.1) is 6.26 Å². The SMILES string of the molecule is C=CC(=O)OC(C)Cc1ccco1. The highest BCUT2D eigenvalue weighted by Crippen LogP contribution is 2.06. The van der Waals surface area contributed by atoms with Gasteiger partial charge in [-0.1, -0.05) is 6.58 Å². The largest absolute Gasteiger partial charge is 0.469 e. The second kappa shape index (κ2) is 4.50. The van der Waals surface area contributed by atoms with Crippen molar-refractivity contribution in [1.82, 2.24) is 0 Å². The lowest BCUT2D eigenvalue weighted by molar-refractivity contribution is -0.142. The molecule has 3 nitrogen and oxygen atoms in total. The van der Waals surface area contributed by atoms with Gasteiger partial charge >= 0.3 is 5.97 Å². The van der Waals surface area contributed by atoms with Crippen molar-refractivity contribution >= 4 is 5.97 Å². The number of rotatable bonds is 4. The van der Waals surface area contributed by atoms with Crippen LogP contribution in [-0.4, -0.2) is 12.1 Å². The molecule has 1 aromatic rings. The number of carbonyl (C=O) groups is 1. The Labute approximate surface area is 77.0 Å². The van der Waals surface area contributed by atoms with Crippen molar-refractivity contribution in [3.63, 3.8) is 0 Å². The van der Waals surface area contributed by atoms with Gasteiger partial charge in [-0.3, -0.25) is 0 Å². The van der Waals surface area contributed by atoms with Gasteiger partial charge in [0.15, 0.2) is 0 Å². The Kier molecular flexibility index (Phi) is 3.31. The number of ether oxygens (including phenoxy) is 1. The fourth-order valence-corrected chi connectivity index (χ4v) is 1.00. The van der Waals surface area contributed by atoms with Gasteiger partial charge in [-0.2, -0.15) is 0 Å². The minimum atomic E-state index is -0.404. The fraction of sp³-hybridized carbons (Fsp3) is 0.300. The summed E-state index contributed by atoms with van der Waals surface area (Å²) in [6, 6.07) is 3.65. The van der Waals surface area contributed by atoms with Gasteiger partial charge in [0.2, 0.25) is 0 Å². The Morgan fingerprint density at radius 2 is 2.62 bits per heavy atom. The molecule has 0 fully saturated rings. The maximum Gasteiger partial charge on any atom is 0.330 e. The molecule has 0 aliphatic rings. The van der Waals surface area contributed by atoms with Crippen molar-refractivity contribution in [2.75, 3.05) is 0 Å². The molecule has 0 bridgehead atoms. The lowest BCUT2D eigenvalue weighted by Crippen LogP contribution is -2.15. The molecule has 0 aromatic carbocycles. The van der Waals surface area contributed by atoms with E-state index in [4.69, 9.17) is 9.15 Å². The van der Waals surface area contributed by atoms with Crippen LogP contribution in [0.5, 0.6) is 0 Å². The van der Waals surface area contributed by atoms with Crippen molar-refractivity contribution in [2.45, 2.75) is 19.4 Å². The maximum atomic E-state index is 10.8. The second-order valence-corrected chi connectivity index (χ2v) is 2.74. The normalized spacial score (nSPS) is 12.1. The molecule has 0 saturated carbocycles. The Hall–Kier alpha value is -1.51. The first-order valence-corrected chi connectivity index (χ1v) is 4.08. The Bertz CT molecular complexity index is 274. The first-order valence-electron chi connectivity index (χ1n) is 4.08. The zero-order valence-corrected chi connectivity index (χ0v) is 7.53. The topological polar surface area (TPSA) is 39.4 Å². The minimum Gasteiger partial charge on any atom is -0.469 e. The van der Waals surface area contributed by atoms with Crippen LogP contribution in [0.1, 0.15) is 12.7 Å². The molecule has 0 radical (unpaired) electrons. The summed E-state index contributed by atoms with van der Waals surface area (Å²) in [7, 11) is 0. The summed E-state index contributed by atoms with van der Waals surface area (Å²) in [5, 5.41) is 0. The summed E-state index contributed by atoms with van der Waals surface area (Å²) in [6.07, 6.45) is 3.15. The molecule has 0 spiro atoms. The van der Waals surface area contributed by atoms with Crippen molar-refractivity contribution < 1.29 is 13.9 Å². The van der Waals surface area contributed by atoms with Gasteiger partial charge in [0.1, 0.15) is 11.9 Å². The smallest absolute Gasteiger partial charge is 0.330 e. The van der Waals surface area contributed by atoms with Gasteiger partial charge in [0, 0.05) is 12.5 Å². The zero-order valence-electron chi connectivity index (χ0n) is 7.53. The molecule has 3 heteroatoms. The average molecular weight is 180 g/mol. The highest BCUT2D eigenvalue weighted by atomic mass is 16.5. The van der Waals surface area contributed by atoms with Crippen LogP contribution < -0.4 is 0 Å². The Balaban J connectivity index is 2.37. The maximum absolute atomic E-state index is 10.8. The Morgan fingerprint density at radius 3 is 3.15 bits per heavy atom. The number of hydrogen-bond acceptors (Lipinski definition) is 3. The first-order chi connectivity index (χ1) is 6.22. The lowest BCUT2D eigenvalue weighted by Gasteiger charge is -2.09. The summed E-state index contributed by atoms with van der Waals surface area (Å²) >= 11 is 0. The monoisotopic (exact) mass is 180 g/mol. The van der Waals surface area contributed by atoms with Crippen LogP contribution in [-0.2, 0) is 16.0 Å². The van der Waals surface area contributed by atoms with Crippen LogP contribution in [0.4, 0.5) is 0 Å². The van der Waals surface area contributed by atoms with E-state index in [0.717, 1.165) is 11.8 Å². The molecule has 0 saturated heterocycles. The van der Waals surface area contributed by atoms with Crippen molar-refractivity contribution in [2.24, 2.45) is 0 Å². The van der Waals surface area contributed by atoms with E-state index in [1.165, 1.54) is 0 Å². The number of furan rings is 1. The van der Waals surface area contributed by atoms with E-state index in [9.17, 15) is 4.79 Å². The second-order valence-electron chi connectivity index (χ2n) is 2.74. The third-order valence-electron chi connectivity index (χ3n) is 1.55. The van der Waals surface area contributed by atoms with E-state index < -0.39 is 5.97 Å². The molecule has 1 heterocycles. The summed E-state index contributed by atoms with van der Waals surface area (Å²) in [5.74, 6) is 0.406. The predicted molar refractivity (Wildman–Crippen MR) is 48.2 cm³/mol. The van der Waals surface area contributed by atoms with E-state index in [2.05, 4.69) is 6.58 Å². The van der Waals surface area contributed by atoms with Crippen molar-refractivity contribution in [1.29, 1.82) is 0 Å². The fourth-order valence-electron chi connectivity index (χ4n) is 1.00. The van der Waals surface area contributed by atoms with Crippen LogP contribution in [0, 0.1) is 0 Å². The third-order valence-corrected chi connectivity index (χ3v) is 1.55. The van der Waals surface area contributed by atoms with Gasteiger partial charge in [-0.15, -0.1) is 0 Å². The van der Waals surface area contributed by atoms with Crippen molar-refractivity contribution in [3.05, 3.63) is 36.8 Å². The number of carbonyl (C=O) groups excluding carboxylic acids is 1.